The molecule has 0 atom stereocenters. The Morgan fingerprint density at radius 2 is 1.86 bits per heavy atom. The fraction of sp³-hybridized carbons (Fsp3) is 0.182. The van der Waals surface area contributed by atoms with E-state index in [4.69, 9.17) is 5.73 Å². The summed E-state index contributed by atoms with van der Waals surface area (Å²) in [5, 5.41) is 6.95. The van der Waals surface area contributed by atoms with E-state index >= 15 is 0 Å². The molecule has 3 heterocycles. The van der Waals surface area contributed by atoms with E-state index in [1.165, 1.54) is 16.8 Å². The van der Waals surface area contributed by atoms with Gasteiger partial charge in [-0.1, -0.05) is 12.1 Å². The van der Waals surface area contributed by atoms with Crippen LogP contribution in [0.3, 0.4) is 0 Å². The second-order valence-corrected chi connectivity index (χ2v) is 9.39. The predicted molar refractivity (Wildman–Crippen MR) is 127 cm³/mol. The lowest BCUT2D eigenvalue weighted by molar-refractivity contribution is -0.140. The lowest BCUT2D eigenvalue weighted by Gasteiger charge is -2.13. The normalized spacial score (nSPS) is 11.7. The number of pyridine rings is 1. The number of nitrogens with two attached hydrogens (primary N) is 1. The first-order valence-corrected chi connectivity index (χ1v) is 11.6. The minimum Gasteiger partial charge on any atom is -0.365 e. The van der Waals surface area contributed by atoms with Crippen LogP contribution in [0.15, 0.2) is 34.8 Å². The highest BCUT2D eigenvalue weighted by atomic mass is 79.9. The van der Waals surface area contributed by atoms with E-state index in [0.29, 0.717) is 22.7 Å². The first-order chi connectivity index (χ1) is 16.4. The van der Waals surface area contributed by atoms with Crippen molar-refractivity contribution in [3.63, 3.8) is 0 Å². The zero-order chi connectivity index (χ0) is 25.7. The highest BCUT2D eigenvalue weighted by Gasteiger charge is 2.35. The third kappa shape index (κ3) is 4.78. The third-order valence-electron chi connectivity index (χ3n) is 5.18. The van der Waals surface area contributed by atoms with Crippen LogP contribution in [0, 0.1) is 19.7 Å². The van der Waals surface area contributed by atoms with Crippen molar-refractivity contribution in [3.05, 3.63) is 62.6 Å². The molecule has 13 heteroatoms. The topological polar surface area (TPSA) is 103 Å². The maximum Gasteiger partial charge on any atom is 0.433 e. The molecule has 0 saturated heterocycles. The number of primary amides is 1. The number of fused-ring (bicyclic) bond motifs is 1. The van der Waals surface area contributed by atoms with E-state index in [1.807, 2.05) is 0 Å². The second-order valence-electron chi connectivity index (χ2n) is 7.60. The van der Waals surface area contributed by atoms with Gasteiger partial charge < -0.3 is 11.1 Å². The highest BCUT2D eigenvalue weighted by molar-refractivity contribution is 9.10. The van der Waals surface area contributed by atoms with Crippen LogP contribution in [-0.4, -0.2) is 26.6 Å². The molecule has 0 unspecified atom stereocenters. The van der Waals surface area contributed by atoms with Gasteiger partial charge in [0.2, 0.25) is 5.91 Å². The number of carbonyl (C=O) groups is 2. The van der Waals surface area contributed by atoms with Gasteiger partial charge in [-0.25, -0.2) is 9.37 Å². The van der Waals surface area contributed by atoms with Crippen molar-refractivity contribution in [1.29, 1.82) is 0 Å². The average molecular weight is 570 g/mol. The van der Waals surface area contributed by atoms with Crippen LogP contribution in [0.2, 0.25) is 0 Å². The maximum atomic E-state index is 13.6. The molecule has 2 amide bonds. The number of halogens is 5. The number of thiophene rings is 1. The Morgan fingerprint density at radius 3 is 2.40 bits per heavy atom. The highest BCUT2D eigenvalue weighted by Crippen LogP contribution is 2.43. The van der Waals surface area contributed by atoms with E-state index in [9.17, 15) is 27.2 Å². The molecule has 7 nitrogen and oxygen atoms in total. The SMILES string of the molecule is Cc1nn(CC(=O)Nc2c(C(N)=O)sc3nc(C(F)(F)F)cc(-c4ccc(F)cc4)c23)c(C)c1Br. The Hall–Kier alpha value is -3.32. The van der Waals surface area contributed by atoms with Crippen LogP contribution < -0.4 is 11.1 Å². The van der Waals surface area contributed by atoms with Gasteiger partial charge in [0.15, 0.2) is 0 Å². The van der Waals surface area contributed by atoms with Gasteiger partial charge in [0.25, 0.3) is 5.91 Å². The number of benzene rings is 1. The summed E-state index contributed by atoms with van der Waals surface area (Å²) in [5.74, 6) is -2.12. The molecule has 0 spiro atoms. The van der Waals surface area contributed by atoms with Crippen molar-refractivity contribution in [2.45, 2.75) is 26.6 Å². The summed E-state index contributed by atoms with van der Waals surface area (Å²) in [6.45, 7) is 3.27. The lowest BCUT2D eigenvalue weighted by atomic mass is 10.0. The average Bonchev–Trinajstić information content (AvgIpc) is 3.26. The fourth-order valence-corrected chi connectivity index (χ4v) is 4.83. The molecule has 3 N–H and O–H groups in total. The van der Waals surface area contributed by atoms with Crippen molar-refractivity contribution in [1.82, 2.24) is 14.8 Å². The summed E-state index contributed by atoms with van der Waals surface area (Å²) in [4.78, 5) is 28.4. The van der Waals surface area contributed by atoms with E-state index in [2.05, 4.69) is 31.3 Å². The van der Waals surface area contributed by atoms with Crippen LogP contribution in [0.1, 0.15) is 26.8 Å². The number of hydrogen-bond acceptors (Lipinski definition) is 5. The predicted octanol–water partition coefficient (Wildman–Crippen LogP) is 5.43. The molecule has 0 aliphatic heterocycles. The summed E-state index contributed by atoms with van der Waals surface area (Å²) < 4.78 is 56.4. The van der Waals surface area contributed by atoms with Crippen LogP contribution in [0.4, 0.5) is 23.2 Å². The van der Waals surface area contributed by atoms with Crippen molar-refractivity contribution in [2.24, 2.45) is 5.73 Å². The zero-order valence-corrected chi connectivity index (χ0v) is 20.5. The fourth-order valence-electron chi connectivity index (χ4n) is 3.54. The van der Waals surface area contributed by atoms with E-state index < -0.39 is 29.5 Å². The molecule has 4 rings (SSSR count). The van der Waals surface area contributed by atoms with Crippen molar-refractivity contribution >= 4 is 55.0 Å². The summed E-state index contributed by atoms with van der Waals surface area (Å²) in [6.07, 6.45) is -4.79. The minimum absolute atomic E-state index is 0.00948. The molecule has 0 fully saturated rings. The van der Waals surface area contributed by atoms with Gasteiger partial charge in [-0.3, -0.25) is 14.3 Å². The first-order valence-electron chi connectivity index (χ1n) is 9.96. The van der Waals surface area contributed by atoms with Crippen molar-refractivity contribution < 1.29 is 27.2 Å². The third-order valence-corrected chi connectivity index (χ3v) is 7.43. The van der Waals surface area contributed by atoms with Gasteiger partial charge in [0.1, 0.15) is 27.8 Å². The number of nitrogens with one attached hydrogen (secondary N) is 1. The molecular weight excluding hydrogens is 554 g/mol. The molecule has 35 heavy (non-hydrogen) atoms. The molecule has 0 saturated carbocycles. The molecule has 0 radical (unpaired) electrons. The van der Waals surface area contributed by atoms with Crippen molar-refractivity contribution in [3.8, 4) is 11.1 Å². The quantitative estimate of drug-likeness (QED) is 0.312. The van der Waals surface area contributed by atoms with Gasteiger partial charge in [-0.05, 0) is 59.1 Å². The maximum absolute atomic E-state index is 13.6. The largest absolute Gasteiger partial charge is 0.433 e. The number of rotatable bonds is 5. The Balaban J connectivity index is 1.89. The molecule has 4 aromatic rings. The lowest BCUT2D eigenvalue weighted by Crippen LogP contribution is -2.22. The Kier molecular flexibility index (Phi) is 6.40. The second kappa shape index (κ2) is 9.04. The van der Waals surface area contributed by atoms with E-state index in [-0.39, 0.29) is 38.5 Å². The molecule has 0 aliphatic rings. The van der Waals surface area contributed by atoms with Crippen LogP contribution in [0.5, 0.6) is 0 Å². The van der Waals surface area contributed by atoms with Gasteiger partial charge in [-0.2, -0.15) is 18.3 Å². The number of amides is 2. The number of hydrogen-bond donors (Lipinski definition) is 2. The Bertz CT molecular complexity index is 1480. The van der Waals surface area contributed by atoms with Crippen LogP contribution in [0.25, 0.3) is 21.3 Å². The van der Waals surface area contributed by atoms with Crippen LogP contribution in [-0.2, 0) is 17.5 Å². The summed E-state index contributed by atoms with van der Waals surface area (Å²) in [5.41, 5.74) is 5.81. The number of anilines is 1. The van der Waals surface area contributed by atoms with Crippen LogP contribution >= 0.6 is 27.3 Å². The van der Waals surface area contributed by atoms with Crippen molar-refractivity contribution in [2.75, 3.05) is 5.32 Å². The van der Waals surface area contributed by atoms with Gasteiger partial charge in [0.05, 0.1) is 21.5 Å². The smallest absolute Gasteiger partial charge is 0.365 e. The van der Waals surface area contributed by atoms with Gasteiger partial charge in [0, 0.05) is 5.39 Å². The Morgan fingerprint density at radius 1 is 1.20 bits per heavy atom. The summed E-state index contributed by atoms with van der Waals surface area (Å²) in [7, 11) is 0. The molecular formula is C22H16BrF4N5O2S. The molecule has 0 aliphatic carbocycles. The number of carbonyl (C=O) groups excluding carboxylic acids is 2. The number of nitrogens with zero attached hydrogens (tertiary/aromatic N) is 3. The number of alkyl halides is 3. The molecule has 182 valence electrons. The Labute approximate surface area is 208 Å². The summed E-state index contributed by atoms with van der Waals surface area (Å²) >= 11 is 4.00. The zero-order valence-electron chi connectivity index (χ0n) is 18.1. The standard InChI is InChI=1S/C22H16BrF4N5O2S/c1-9-17(23)10(2)32(31-9)8-15(33)30-18-16-13(11-3-5-12(24)6-4-11)7-14(22(25,26)27)29-21(16)35-19(18)20(28)34/h3-7H,8H2,1-2H3,(H2,28,34)(H,30,33). The van der Waals surface area contributed by atoms with Gasteiger partial charge in [-0.15, -0.1) is 11.3 Å². The summed E-state index contributed by atoms with van der Waals surface area (Å²) in [6, 6.07) is 5.57. The van der Waals surface area contributed by atoms with E-state index in [0.717, 1.165) is 22.7 Å². The molecule has 1 aromatic carbocycles. The first kappa shape index (κ1) is 24.8. The number of aryl methyl sites for hydroxylation is 1. The van der Waals surface area contributed by atoms with E-state index in [1.54, 1.807) is 13.8 Å². The van der Waals surface area contributed by atoms with Gasteiger partial charge >= 0.3 is 6.18 Å². The minimum atomic E-state index is -4.79. The monoisotopic (exact) mass is 569 g/mol. The molecule has 3 aromatic heterocycles. The molecule has 0 bridgehead atoms. The number of aromatic nitrogens is 3.